The minimum absolute atomic E-state index is 0.118. The van der Waals surface area contributed by atoms with E-state index in [0.29, 0.717) is 18.0 Å². The van der Waals surface area contributed by atoms with Crippen LogP contribution in [0.25, 0.3) is 0 Å². The van der Waals surface area contributed by atoms with Gasteiger partial charge in [0.25, 0.3) is 5.56 Å². The number of benzene rings is 1. The molecule has 0 atom stereocenters. The highest BCUT2D eigenvalue weighted by atomic mass is 35.5. The van der Waals surface area contributed by atoms with Gasteiger partial charge in [0.2, 0.25) is 6.79 Å². The van der Waals surface area contributed by atoms with E-state index in [-0.39, 0.29) is 17.4 Å². The molecule has 1 aromatic carbocycles. The van der Waals surface area contributed by atoms with Crippen molar-refractivity contribution in [2.24, 2.45) is 7.05 Å². The van der Waals surface area contributed by atoms with E-state index < -0.39 is 0 Å². The van der Waals surface area contributed by atoms with Crippen LogP contribution in [0.3, 0.4) is 0 Å². The molecular formula is C13H12ClN3O3. The SMILES string of the molecule is Cn1ncc(NCc2cccc3c2OCO3)c(Cl)c1=O. The lowest BCUT2D eigenvalue weighted by molar-refractivity contribution is 0.173. The van der Waals surface area contributed by atoms with Crippen molar-refractivity contribution in [1.29, 1.82) is 0 Å². The maximum Gasteiger partial charge on any atom is 0.287 e. The molecule has 0 aliphatic carbocycles. The van der Waals surface area contributed by atoms with E-state index in [9.17, 15) is 4.79 Å². The molecule has 3 rings (SSSR count). The largest absolute Gasteiger partial charge is 0.454 e. The molecule has 7 heteroatoms. The van der Waals surface area contributed by atoms with Crippen LogP contribution in [0.1, 0.15) is 5.56 Å². The highest BCUT2D eigenvalue weighted by Crippen LogP contribution is 2.35. The minimum Gasteiger partial charge on any atom is -0.454 e. The van der Waals surface area contributed by atoms with Crippen LogP contribution in [0.5, 0.6) is 11.5 Å². The molecule has 104 valence electrons. The molecule has 0 spiro atoms. The summed E-state index contributed by atoms with van der Waals surface area (Å²) in [5.41, 5.74) is 1.08. The molecule has 2 aromatic rings. The maximum absolute atomic E-state index is 11.7. The quantitative estimate of drug-likeness (QED) is 0.934. The molecule has 1 aliphatic rings. The Kier molecular flexibility index (Phi) is 3.23. The summed E-state index contributed by atoms with van der Waals surface area (Å²) < 4.78 is 11.9. The molecule has 1 aliphatic heterocycles. The summed E-state index contributed by atoms with van der Waals surface area (Å²) >= 11 is 5.99. The second-order valence-electron chi connectivity index (χ2n) is 4.31. The number of anilines is 1. The Balaban J connectivity index is 1.83. The van der Waals surface area contributed by atoms with Crippen LogP contribution in [0.2, 0.25) is 5.02 Å². The van der Waals surface area contributed by atoms with E-state index in [1.54, 1.807) is 7.05 Å². The van der Waals surface area contributed by atoms with Crippen molar-refractivity contribution < 1.29 is 9.47 Å². The number of hydrogen-bond acceptors (Lipinski definition) is 5. The molecule has 0 amide bonds. The Morgan fingerprint density at radius 3 is 3.15 bits per heavy atom. The fraction of sp³-hybridized carbons (Fsp3) is 0.231. The van der Waals surface area contributed by atoms with Gasteiger partial charge in [0.15, 0.2) is 11.5 Å². The van der Waals surface area contributed by atoms with Gasteiger partial charge in [0, 0.05) is 19.2 Å². The third kappa shape index (κ3) is 2.18. The third-order valence-corrected chi connectivity index (χ3v) is 3.39. The van der Waals surface area contributed by atoms with Crippen LogP contribution < -0.4 is 20.3 Å². The molecule has 0 radical (unpaired) electrons. The fourth-order valence-electron chi connectivity index (χ4n) is 1.95. The van der Waals surface area contributed by atoms with Crippen molar-refractivity contribution in [2.75, 3.05) is 12.1 Å². The van der Waals surface area contributed by atoms with Gasteiger partial charge in [-0.1, -0.05) is 23.7 Å². The predicted octanol–water partition coefficient (Wildman–Crippen LogP) is 1.77. The fourth-order valence-corrected chi connectivity index (χ4v) is 2.19. The predicted molar refractivity (Wildman–Crippen MR) is 74.4 cm³/mol. The van der Waals surface area contributed by atoms with Crippen LogP contribution in [0.4, 0.5) is 5.69 Å². The number of aromatic nitrogens is 2. The summed E-state index contributed by atoms with van der Waals surface area (Å²) in [6, 6.07) is 5.65. The molecule has 1 N–H and O–H groups in total. The first-order valence-corrected chi connectivity index (χ1v) is 6.38. The average molecular weight is 294 g/mol. The summed E-state index contributed by atoms with van der Waals surface area (Å²) in [7, 11) is 1.55. The van der Waals surface area contributed by atoms with Crippen LogP contribution >= 0.6 is 11.6 Å². The van der Waals surface area contributed by atoms with Gasteiger partial charge in [-0.15, -0.1) is 0 Å². The van der Waals surface area contributed by atoms with Crippen LogP contribution in [0, 0.1) is 0 Å². The number of rotatable bonds is 3. The van der Waals surface area contributed by atoms with Gasteiger partial charge < -0.3 is 14.8 Å². The van der Waals surface area contributed by atoms with Gasteiger partial charge in [-0.2, -0.15) is 5.10 Å². The Bertz CT molecular complexity index is 714. The topological polar surface area (TPSA) is 65.4 Å². The van der Waals surface area contributed by atoms with Crippen molar-refractivity contribution in [3.8, 4) is 11.5 Å². The molecule has 0 fully saturated rings. The molecule has 2 heterocycles. The number of halogens is 1. The zero-order valence-electron chi connectivity index (χ0n) is 10.7. The number of nitrogens with zero attached hydrogens (tertiary/aromatic N) is 2. The summed E-state index contributed by atoms with van der Waals surface area (Å²) in [6.07, 6.45) is 1.52. The normalized spacial score (nSPS) is 12.5. The summed E-state index contributed by atoms with van der Waals surface area (Å²) in [4.78, 5) is 11.7. The van der Waals surface area contributed by atoms with Crippen LogP contribution in [-0.2, 0) is 13.6 Å². The van der Waals surface area contributed by atoms with Crippen LogP contribution in [0.15, 0.2) is 29.2 Å². The molecule has 20 heavy (non-hydrogen) atoms. The zero-order valence-corrected chi connectivity index (χ0v) is 11.5. The van der Waals surface area contributed by atoms with Gasteiger partial charge >= 0.3 is 0 Å². The Morgan fingerprint density at radius 2 is 2.30 bits per heavy atom. The van der Waals surface area contributed by atoms with Gasteiger partial charge in [-0.25, -0.2) is 4.68 Å². The molecule has 6 nitrogen and oxygen atoms in total. The van der Waals surface area contributed by atoms with E-state index in [1.165, 1.54) is 10.9 Å². The number of ether oxygens (including phenoxy) is 2. The molecular weight excluding hydrogens is 282 g/mol. The first-order chi connectivity index (χ1) is 9.66. The first-order valence-electron chi connectivity index (χ1n) is 6.00. The second kappa shape index (κ2) is 5.05. The second-order valence-corrected chi connectivity index (χ2v) is 4.68. The van der Waals surface area contributed by atoms with Crippen molar-refractivity contribution in [3.63, 3.8) is 0 Å². The van der Waals surface area contributed by atoms with E-state index >= 15 is 0 Å². The lowest BCUT2D eigenvalue weighted by Crippen LogP contribution is -2.21. The summed E-state index contributed by atoms with van der Waals surface area (Å²) in [5.74, 6) is 1.44. The minimum atomic E-state index is -0.338. The molecule has 0 bridgehead atoms. The van der Waals surface area contributed by atoms with E-state index in [2.05, 4.69) is 10.4 Å². The molecule has 0 saturated carbocycles. The van der Waals surface area contributed by atoms with E-state index in [1.807, 2.05) is 18.2 Å². The van der Waals surface area contributed by atoms with Gasteiger partial charge in [0.05, 0.1) is 11.9 Å². The number of hydrogen-bond donors (Lipinski definition) is 1. The van der Waals surface area contributed by atoms with Crippen molar-refractivity contribution in [2.45, 2.75) is 6.54 Å². The zero-order chi connectivity index (χ0) is 14.1. The van der Waals surface area contributed by atoms with Crippen molar-refractivity contribution >= 4 is 17.3 Å². The number of para-hydroxylation sites is 1. The molecule has 1 aromatic heterocycles. The molecule has 0 unspecified atom stereocenters. The highest BCUT2D eigenvalue weighted by Gasteiger charge is 2.17. The Labute approximate surface area is 119 Å². The van der Waals surface area contributed by atoms with Crippen molar-refractivity contribution in [3.05, 3.63) is 45.3 Å². The average Bonchev–Trinajstić information content (AvgIpc) is 2.93. The Hall–Kier alpha value is -2.21. The summed E-state index contributed by atoms with van der Waals surface area (Å²) in [6.45, 7) is 0.682. The Morgan fingerprint density at radius 1 is 1.45 bits per heavy atom. The lowest BCUT2D eigenvalue weighted by Gasteiger charge is -2.10. The third-order valence-electron chi connectivity index (χ3n) is 3.03. The number of nitrogens with one attached hydrogen (secondary N) is 1. The van der Waals surface area contributed by atoms with Gasteiger partial charge in [-0.3, -0.25) is 4.79 Å². The smallest absolute Gasteiger partial charge is 0.287 e. The van der Waals surface area contributed by atoms with Crippen molar-refractivity contribution in [1.82, 2.24) is 9.78 Å². The number of fused-ring (bicyclic) bond motifs is 1. The standard InChI is InChI=1S/C13H12ClN3O3/c1-17-13(18)11(14)9(6-16-17)15-5-8-3-2-4-10-12(8)20-7-19-10/h2-4,6,15H,5,7H2,1H3. The van der Waals surface area contributed by atoms with E-state index in [0.717, 1.165) is 11.3 Å². The lowest BCUT2D eigenvalue weighted by atomic mass is 10.2. The van der Waals surface area contributed by atoms with E-state index in [4.69, 9.17) is 21.1 Å². The maximum atomic E-state index is 11.7. The first kappa shape index (κ1) is 12.8. The monoisotopic (exact) mass is 293 g/mol. The van der Waals surface area contributed by atoms with Gasteiger partial charge in [-0.05, 0) is 6.07 Å². The van der Waals surface area contributed by atoms with Gasteiger partial charge in [0.1, 0.15) is 5.02 Å². The van der Waals surface area contributed by atoms with Crippen LogP contribution in [-0.4, -0.2) is 16.6 Å². The highest BCUT2D eigenvalue weighted by molar-refractivity contribution is 6.32. The number of aryl methyl sites for hydroxylation is 1. The molecule has 0 saturated heterocycles. The summed E-state index contributed by atoms with van der Waals surface area (Å²) in [5, 5.41) is 7.13.